The van der Waals surface area contributed by atoms with Crippen LogP contribution in [0.25, 0.3) is 5.65 Å². The van der Waals surface area contributed by atoms with Gasteiger partial charge in [0.25, 0.3) is 5.56 Å². The summed E-state index contributed by atoms with van der Waals surface area (Å²) in [6.07, 6.45) is 1.80. The molecule has 0 aliphatic carbocycles. The molecular weight excluding hydrogens is 290 g/mol. The lowest BCUT2D eigenvalue weighted by Gasteiger charge is -2.36. The van der Waals surface area contributed by atoms with Crippen molar-refractivity contribution in [3.63, 3.8) is 0 Å². The number of fused-ring (bicyclic) bond motifs is 1. The SMILES string of the molecule is CC1CN(Cc2cc(=O)n3cc(Cl)ccc3n2)C(C)CO1. The fourth-order valence-electron chi connectivity index (χ4n) is 2.61. The highest BCUT2D eigenvalue weighted by molar-refractivity contribution is 6.30. The van der Waals surface area contributed by atoms with Crippen LogP contribution in [0, 0.1) is 0 Å². The largest absolute Gasteiger partial charge is 0.376 e. The Balaban J connectivity index is 1.90. The average molecular weight is 308 g/mol. The summed E-state index contributed by atoms with van der Waals surface area (Å²) in [7, 11) is 0. The molecule has 6 heteroatoms. The Morgan fingerprint density at radius 3 is 3.05 bits per heavy atom. The molecule has 2 unspecified atom stereocenters. The van der Waals surface area contributed by atoms with Gasteiger partial charge in [-0.15, -0.1) is 0 Å². The number of hydrogen-bond donors (Lipinski definition) is 0. The van der Waals surface area contributed by atoms with E-state index in [1.807, 2.05) is 0 Å². The van der Waals surface area contributed by atoms with Crippen molar-refractivity contribution >= 4 is 17.2 Å². The van der Waals surface area contributed by atoms with E-state index < -0.39 is 0 Å². The Hall–Kier alpha value is -1.43. The van der Waals surface area contributed by atoms with Gasteiger partial charge in [0.05, 0.1) is 23.4 Å². The lowest BCUT2D eigenvalue weighted by atomic mass is 10.2. The Labute approximate surface area is 128 Å². The summed E-state index contributed by atoms with van der Waals surface area (Å²) in [4.78, 5) is 19.0. The lowest BCUT2D eigenvalue weighted by molar-refractivity contribution is -0.0530. The highest BCUT2D eigenvalue weighted by atomic mass is 35.5. The van der Waals surface area contributed by atoms with Crippen LogP contribution in [0.4, 0.5) is 0 Å². The first-order chi connectivity index (χ1) is 10.0. The summed E-state index contributed by atoms with van der Waals surface area (Å²) >= 11 is 5.91. The van der Waals surface area contributed by atoms with Crippen molar-refractivity contribution in [1.29, 1.82) is 0 Å². The van der Waals surface area contributed by atoms with E-state index in [2.05, 4.69) is 23.7 Å². The van der Waals surface area contributed by atoms with Crippen LogP contribution >= 0.6 is 11.6 Å². The van der Waals surface area contributed by atoms with E-state index in [4.69, 9.17) is 16.3 Å². The highest BCUT2D eigenvalue weighted by Crippen LogP contribution is 2.15. The Morgan fingerprint density at radius 2 is 2.24 bits per heavy atom. The normalized spacial score (nSPS) is 23.6. The predicted octanol–water partition coefficient (Wildman–Crippen LogP) is 1.96. The summed E-state index contributed by atoms with van der Waals surface area (Å²) < 4.78 is 7.09. The number of ether oxygens (including phenoxy) is 1. The Kier molecular flexibility index (Phi) is 3.97. The van der Waals surface area contributed by atoms with Crippen molar-refractivity contribution in [2.45, 2.75) is 32.5 Å². The van der Waals surface area contributed by atoms with Crippen molar-refractivity contribution in [2.75, 3.05) is 13.2 Å². The first-order valence-corrected chi connectivity index (χ1v) is 7.44. The van der Waals surface area contributed by atoms with E-state index in [1.165, 1.54) is 4.40 Å². The molecule has 1 fully saturated rings. The second-order valence-corrected chi connectivity index (χ2v) is 6.02. The van der Waals surface area contributed by atoms with Crippen LogP contribution in [-0.2, 0) is 11.3 Å². The third-order valence-corrected chi connectivity index (χ3v) is 4.00. The van der Waals surface area contributed by atoms with E-state index in [1.54, 1.807) is 24.4 Å². The van der Waals surface area contributed by atoms with Crippen LogP contribution in [0.5, 0.6) is 0 Å². The van der Waals surface area contributed by atoms with Gasteiger partial charge in [0.2, 0.25) is 0 Å². The summed E-state index contributed by atoms with van der Waals surface area (Å²) in [5, 5.41) is 0.523. The van der Waals surface area contributed by atoms with Crippen molar-refractivity contribution in [2.24, 2.45) is 0 Å². The standard InChI is InChI=1S/C15H18ClN3O2/c1-10-9-21-11(2)6-18(10)8-13-5-15(20)19-7-12(16)3-4-14(19)17-13/h3-5,7,10-11H,6,8-9H2,1-2H3. The van der Waals surface area contributed by atoms with Crippen molar-refractivity contribution in [1.82, 2.24) is 14.3 Å². The van der Waals surface area contributed by atoms with Gasteiger partial charge < -0.3 is 4.74 Å². The Morgan fingerprint density at radius 1 is 1.43 bits per heavy atom. The molecule has 1 aliphatic heterocycles. The molecule has 1 aliphatic rings. The number of nitrogens with zero attached hydrogens (tertiary/aromatic N) is 3. The van der Waals surface area contributed by atoms with Crippen LogP contribution in [0.3, 0.4) is 0 Å². The molecule has 0 spiro atoms. The van der Waals surface area contributed by atoms with E-state index >= 15 is 0 Å². The molecule has 0 saturated carbocycles. The topological polar surface area (TPSA) is 46.8 Å². The lowest BCUT2D eigenvalue weighted by Crippen LogP contribution is -2.46. The van der Waals surface area contributed by atoms with Crippen molar-refractivity contribution in [3.8, 4) is 0 Å². The monoisotopic (exact) mass is 307 g/mol. The minimum Gasteiger partial charge on any atom is -0.376 e. The van der Waals surface area contributed by atoms with Crippen LogP contribution in [-0.4, -0.2) is 39.6 Å². The van der Waals surface area contributed by atoms with Gasteiger partial charge in [-0.05, 0) is 26.0 Å². The zero-order valence-corrected chi connectivity index (χ0v) is 12.9. The van der Waals surface area contributed by atoms with Crippen LogP contribution in [0.2, 0.25) is 5.02 Å². The van der Waals surface area contributed by atoms with E-state index in [0.717, 1.165) is 12.2 Å². The quantitative estimate of drug-likeness (QED) is 0.851. The maximum Gasteiger partial charge on any atom is 0.258 e. The summed E-state index contributed by atoms with van der Waals surface area (Å²) in [6, 6.07) is 5.41. The van der Waals surface area contributed by atoms with Gasteiger partial charge in [-0.1, -0.05) is 11.6 Å². The first-order valence-electron chi connectivity index (χ1n) is 7.06. The van der Waals surface area contributed by atoms with Gasteiger partial charge >= 0.3 is 0 Å². The molecule has 21 heavy (non-hydrogen) atoms. The molecule has 0 N–H and O–H groups in total. The second-order valence-electron chi connectivity index (χ2n) is 5.58. The van der Waals surface area contributed by atoms with E-state index in [0.29, 0.717) is 29.9 Å². The van der Waals surface area contributed by atoms with E-state index in [-0.39, 0.29) is 11.7 Å². The first kappa shape index (κ1) is 14.5. The fraction of sp³-hybridized carbons (Fsp3) is 0.467. The molecule has 3 heterocycles. The molecule has 2 aromatic rings. The number of pyridine rings is 1. The molecule has 2 aromatic heterocycles. The van der Waals surface area contributed by atoms with Gasteiger partial charge in [0.1, 0.15) is 5.65 Å². The van der Waals surface area contributed by atoms with Crippen LogP contribution < -0.4 is 5.56 Å². The maximum atomic E-state index is 12.2. The smallest absolute Gasteiger partial charge is 0.258 e. The molecule has 0 radical (unpaired) electrons. The summed E-state index contributed by atoms with van der Waals surface area (Å²) in [6.45, 7) is 6.40. The van der Waals surface area contributed by atoms with Crippen molar-refractivity contribution in [3.05, 3.63) is 45.5 Å². The number of halogens is 1. The van der Waals surface area contributed by atoms with Gasteiger partial charge in [-0.2, -0.15) is 0 Å². The molecule has 0 amide bonds. The number of aromatic nitrogens is 2. The third-order valence-electron chi connectivity index (χ3n) is 3.78. The zero-order valence-electron chi connectivity index (χ0n) is 12.1. The predicted molar refractivity (Wildman–Crippen MR) is 81.8 cm³/mol. The molecular formula is C15H18ClN3O2. The fourth-order valence-corrected chi connectivity index (χ4v) is 2.77. The van der Waals surface area contributed by atoms with Gasteiger partial charge in [0, 0.05) is 31.4 Å². The molecule has 112 valence electrons. The van der Waals surface area contributed by atoms with Gasteiger partial charge in [-0.25, -0.2) is 4.98 Å². The number of hydrogen-bond acceptors (Lipinski definition) is 4. The average Bonchev–Trinajstić information content (AvgIpc) is 2.44. The molecule has 2 atom stereocenters. The zero-order chi connectivity index (χ0) is 15.0. The molecule has 0 aromatic carbocycles. The minimum absolute atomic E-state index is 0.105. The molecule has 1 saturated heterocycles. The number of rotatable bonds is 2. The third kappa shape index (κ3) is 3.10. The highest BCUT2D eigenvalue weighted by Gasteiger charge is 2.23. The van der Waals surface area contributed by atoms with E-state index in [9.17, 15) is 4.79 Å². The number of morpholine rings is 1. The summed E-state index contributed by atoms with van der Waals surface area (Å²) in [5.41, 5.74) is 1.30. The Bertz CT molecular complexity index is 716. The van der Waals surface area contributed by atoms with Crippen molar-refractivity contribution < 1.29 is 4.74 Å². The van der Waals surface area contributed by atoms with Gasteiger partial charge in [-0.3, -0.25) is 14.1 Å². The molecule has 5 nitrogen and oxygen atoms in total. The molecule has 0 bridgehead atoms. The van der Waals surface area contributed by atoms with Gasteiger partial charge in [0.15, 0.2) is 0 Å². The minimum atomic E-state index is -0.105. The van der Waals surface area contributed by atoms with Crippen LogP contribution in [0.1, 0.15) is 19.5 Å². The second kappa shape index (κ2) is 5.75. The molecule has 3 rings (SSSR count). The van der Waals surface area contributed by atoms with Crippen LogP contribution in [0.15, 0.2) is 29.2 Å². The summed E-state index contributed by atoms with van der Waals surface area (Å²) in [5.74, 6) is 0. The maximum absolute atomic E-state index is 12.2.